The maximum absolute atomic E-state index is 11.8. The Morgan fingerprint density at radius 1 is 1.21 bits per heavy atom. The second kappa shape index (κ2) is 5.95. The van der Waals surface area contributed by atoms with E-state index in [9.17, 15) is 4.79 Å². The summed E-state index contributed by atoms with van der Waals surface area (Å²) in [6.45, 7) is 0.475. The van der Waals surface area contributed by atoms with Gasteiger partial charge in [0.05, 0.1) is 6.20 Å². The Labute approximate surface area is 112 Å². The van der Waals surface area contributed by atoms with Gasteiger partial charge in [-0.2, -0.15) is 0 Å². The molecular weight excluding hydrogens is 240 g/mol. The average Bonchev–Trinajstić information content (AvgIpc) is 2.46. The molecule has 1 heterocycles. The molecule has 2 rings (SSSR count). The summed E-state index contributed by atoms with van der Waals surface area (Å²) in [5, 5.41) is 2.81. The van der Waals surface area contributed by atoms with Crippen molar-refractivity contribution < 1.29 is 4.79 Å². The summed E-state index contributed by atoms with van der Waals surface area (Å²) in [4.78, 5) is 21.6. The van der Waals surface area contributed by atoms with Crippen molar-refractivity contribution in [3.05, 3.63) is 54.1 Å². The fourth-order valence-electron chi connectivity index (χ4n) is 1.60. The second-order valence-corrected chi connectivity index (χ2v) is 4.33. The molecule has 1 aromatic carbocycles. The molecule has 0 aliphatic rings. The van der Waals surface area contributed by atoms with Crippen LogP contribution in [0.3, 0.4) is 0 Å². The zero-order valence-electron chi connectivity index (χ0n) is 11.0. The van der Waals surface area contributed by atoms with Gasteiger partial charge < -0.3 is 10.2 Å². The van der Waals surface area contributed by atoms with Crippen molar-refractivity contribution in [2.45, 2.75) is 6.54 Å². The van der Waals surface area contributed by atoms with Crippen molar-refractivity contribution >= 4 is 11.6 Å². The third-order valence-corrected chi connectivity index (χ3v) is 2.70. The third kappa shape index (κ3) is 3.51. The van der Waals surface area contributed by atoms with E-state index in [1.54, 1.807) is 0 Å². The topological polar surface area (TPSA) is 58.1 Å². The van der Waals surface area contributed by atoms with E-state index in [0.29, 0.717) is 12.2 Å². The standard InChI is InChI=1S/C14H16N4O/c1-18(2)12-5-3-11(4-6-12)9-17-14(19)13-10-15-7-8-16-13/h3-8,10H,9H2,1-2H3,(H,17,19). The van der Waals surface area contributed by atoms with Gasteiger partial charge in [0.15, 0.2) is 0 Å². The Hall–Kier alpha value is -2.43. The van der Waals surface area contributed by atoms with Crippen LogP contribution in [-0.2, 0) is 6.54 Å². The van der Waals surface area contributed by atoms with Crippen LogP contribution in [0.4, 0.5) is 5.69 Å². The lowest BCUT2D eigenvalue weighted by Crippen LogP contribution is -2.23. The first-order valence-electron chi connectivity index (χ1n) is 5.97. The maximum atomic E-state index is 11.8. The molecule has 98 valence electrons. The van der Waals surface area contributed by atoms with Crippen LogP contribution in [0, 0.1) is 0 Å². The van der Waals surface area contributed by atoms with Crippen LogP contribution >= 0.6 is 0 Å². The molecule has 2 aromatic rings. The van der Waals surface area contributed by atoms with E-state index in [0.717, 1.165) is 11.3 Å². The molecule has 1 aromatic heterocycles. The summed E-state index contributed by atoms with van der Waals surface area (Å²) in [6, 6.07) is 8.02. The van der Waals surface area contributed by atoms with E-state index in [1.807, 2.05) is 43.3 Å². The zero-order valence-corrected chi connectivity index (χ0v) is 11.0. The van der Waals surface area contributed by atoms with Gasteiger partial charge in [-0.25, -0.2) is 4.98 Å². The van der Waals surface area contributed by atoms with Crippen LogP contribution in [0.5, 0.6) is 0 Å². The molecule has 1 amide bonds. The molecule has 19 heavy (non-hydrogen) atoms. The van der Waals surface area contributed by atoms with Crippen molar-refractivity contribution in [2.75, 3.05) is 19.0 Å². The molecule has 0 spiro atoms. The van der Waals surface area contributed by atoms with Gasteiger partial charge in [0.2, 0.25) is 0 Å². The fourth-order valence-corrected chi connectivity index (χ4v) is 1.60. The molecule has 5 heteroatoms. The van der Waals surface area contributed by atoms with Crippen LogP contribution in [0.1, 0.15) is 16.1 Å². The highest BCUT2D eigenvalue weighted by molar-refractivity contribution is 5.91. The average molecular weight is 256 g/mol. The summed E-state index contributed by atoms with van der Waals surface area (Å²) in [5.74, 6) is -0.218. The van der Waals surface area contributed by atoms with Gasteiger partial charge in [-0.3, -0.25) is 9.78 Å². The number of hydrogen-bond acceptors (Lipinski definition) is 4. The van der Waals surface area contributed by atoms with Gasteiger partial charge in [-0.05, 0) is 17.7 Å². The minimum atomic E-state index is -0.218. The minimum absolute atomic E-state index is 0.218. The van der Waals surface area contributed by atoms with Gasteiger partial charge in [0.25, 0.3) is 5.91 Å². The van der Waals surface area contributed by atoms with E-state index < -0.39 is 0 Å². The summed E-state index contributed by atoms with van der Waals surface area (Å²) in [7, 11) is 3.98. The minimum Gasteiger partial charge on any atom is -0.378 e. The number of anilines is 1. The Morgan fingerprint density at radius 2 is 1.95 bits per heavy atom. The van der Waals surface area contributed by atoms with Crippen LogP contribution < -0.4 is 10.2 Å². The fraction of sp³-hybridized carbons (Fsp3) is 0.214. The molecule has 0 saturated heterocycles. The molecule has 0 atom stereocenters. The van der Waals surface area contributed by atoms with Gasteiger partial charge in [-0.15, -0.1) is 0 Å². The lowest BCUT2D eigenvalue weighted by molar-refractivity contribution is 0.0945. The lowest BCUT2D eigenvalue weighted by Gasteiger charge is -2.12. The molecule has 0 bridgehead atoms. The molecule has 0 saturated carbocycles. The number of carbonyl (C=O) groups excluding carboxylic acids is 1. The highest BCUT2D eigenvalue weighted by Gasteiger charge is 2.06. The number of carbonyl (C=O) groups is 1. The zero-order chi connectivity index (χ0) is 13.7. The number of rotatable bonds is 4. The highest BCUT2D eigenvalue weighted by Crippen LogP contribution is 2.11. The number of aromatic nitrogens is 2. The molecule has 0 aliphatic heterocycles. The van der Waals surface area contributed by atoms with Gasteiger partial charge in [-0.1, -0.05) is 12.1 Å². The first kappa shape index (κ1) is 13.0. The van der Waals surface area contributed by atoms with Crippen molar-refractivity contribution in [3.63, 3.8) is 0 Å². The van der Waals surface area contributed by atoms with Crippen molar-refractivity contribution in [1.29, 1.82) is 0 Å². The molecule has 1 N–H and O–H groups in total. The van der Waals surface area contributed by atoms with E-state index >= 15 is 0 Å². The first-order valence-corrected chi connectivity index (χ1v) is 5.97. The Morgan fingerprint density at radius 3 is 2.53 bits per heavy atom. The van der Waals surface area contributed by atoms with E-state index in [2.05, 4.69) is 15.3 Å². The smallest absolute Gasteiger partial charge is 0.271 e. The summed E-state index contributed by atoms with van der Waals surface area (Å²) in [5.41, 5.74) is 2.50. The maximum Gasteiger partial charge on any atom is 0.271 e. The molecule has 5 nitrogen and oxygen atoms in total. The van der Waals surface area contributed by atoms with Crippen LogP contribution in [-0.4, -0.2) is 30.0 Å². The molecule has 0 radical (unpaired) electrons. The summed E-state index contributed by atoms with van der Waals surface area (Å²) >= 11 is 0. The first-order chi connectivity index (χ1) is 9.16. The molecule has 0 fully saturated rings. The molecule has 0 unspecified atom stereocenters. The van der Waals surface area contributed by atoms with Crippen molar-refractivity contribution in [3.8, 4) is 0 Å². The van der Waals surface area contributed by atoms with Crippen LogP contribution in [0.25, 0.3) is 0 Å². The second-order valence-electron chi connectivity index (χ2n) is 4.33. The molecule has 0 aliphatic carbocycles. The van der Waals surface area contributed by atoms with E-state index in [4.69, 9.17) is 0 Å². The Kier molecular flexibility index (Phi) is 4.07. The monoisotopic (exact) mass is 256 g/mol. The van der Waals surface area contributed by atoms with Gasteiger partial charge in [0.1, 0.15) is 5.69 Å². The quantitative estimate of drug-likeness (QED) is 0.900. The van der Waals surface area contributed by atoms with Crippen molar-refractivity contribution in [2.24, 2.45) is 0 Å². The predicted molar refractivity (Wildman–Crippen MR) is 74.0 cm³/mol. The largest absolute Gasteiger partial charge is 0.378 e. The lowest BCUT2D eigenvalue weighted by atomic mass is 10.2. The SMILES string of the molecule is CN(C)c1ccc(CNC(=O)c2cnccn2)cc1. The van der Waals surface area contributed by atoms with E-state index in [1.165, 1.54) is 18.6 Å². The summed E-state index contributed by atoms with van der Waals surface area (Å²) in [6.07, 6.45) is 4.49. The van der Waals surface area contributed by atoms with Crippen LogP contribution in [0.15, 0.2) is 42.9 Å². The summed E-state index contributed by atoms with van der Waals surface area (Å²) < 4.78 is 0. The number of benzene rings is 1. The van der Waals surface area contributed by atoms with E-state index in [-0.39, 0.29) is 5.91 Å². The molecular formula is C14H16N4O. The number of amides is 1. The Balaban J connectivity index is 1.94. The van der Waals surface area contributed by atoms with Crippen molar-refractivity contribution in [1.82, 2.24) is 15.3 Å². The highest BCUT2D eigenvalue weighted by atomic mass is 16.1. The third-order valence-electron chi connectivity index (χ3n) is 2.70. The normalized spacial score (nSPS) is 10.0. The van der Waals surface area contributed by atoms with Crippen LogP contribution in [0.2, 0.25) is 0 Å². The Bertz CT molecular complexity index is 537. The van der Waals surface area contributed by atoms with Gasteiger partial charge in [0, 0.05) is 38.7 Å². The number of hydrogen-bond donors (Lipinski definition) is 1. The van der Waals surface area contributed by atoms with Gasteiger partial charge >= 0.3 is 0 Å². The number of nitrogens with one attached hydrogen (secondary N) is 1. The predicted octanol–water partition coefficient (Wildman–Crippen LogP) is 1.47. The number of nitrogens with zero attached hydrogens (tertiary/aromatic N) is 3.